The molecule has 1 amide bonds. The fraction of sp³-hybridized carbons (Fsp3) is 0.143. The Morgan fingerprint density at radius 1 is 1.36 bits per heavy atom. The molecule has 0 aliphatic carbocycles. The molecule has 2 heterocycles. The summed E-state index contributed by atoms with van der Waals surface area (Å²) in [5.74, 6) is -0.0565. The van der Waals surface area contributed by atoms with Gasteiger partial charge in [-0.1, -0.05) is 0 Å². The molecule has 0 bridgehead atoms. The molecule has 0 unspecified atom stereocenters. The van der Waals surface area contributed by atoms with Gasteiger partial charge in [-0.3, -0.25) is 9.59 Å². The zero-order valence-electron chi connectivity index (χ0n) is 5.68. The molecular weight excluding hydrogens is 144 g/mol. The van der Waals surface area contributed by atoms with Crippen molar-refractivity contribution >= 4 is 11.6 Å². The number of aromatic nitrogens is 1. The normalized spacial score (nSPS) is 14.4. The van der Waals surface area contributed by atoms with E-state index in [9.17, 15) is 9.59 Å². The van der Waals surface area contributed by atoms with Crippen LogP contribution in [0.5, 0.6) is 0 Å². The van der Waals surface area contributed by atoms with Crippen molar-refractivity contribution in [3.63, 3.8) is 0 Å². The molecule has 1 aliphatic rings. The lowest BCUT2D eigenvalue weighted by molar-refractivity contribution is -0.115. The number of pyridine rings is 1. The molecule has 4 nitrogen and oxygen atoms in total. The molecule has 1 aromatic heterocycles. The molecule has 0 saturated heterocycles. The van der Waals surface area contributed by atoms with Crippen LogP contribution in [0.25, 0.3) is 0 Å². The molecule has 0 spiro atoms. The van der Waals surface area contributed by atoms with E-state index in [1.807, 2.05) is 0 Å². The number of carbonyl (C=O) groups excluding carboxylic acids is 1. The predicted octanol–water partition coefficient (Wildman–Crippen LogP) is -0.130. The summed E-state index contributed by atoms with van der Waals surface area (Å²) in [5, 5.41) is 2.62. The number of carbonyl (C=O) groups is 1. The maximum Gasteiger partial charge on any atom is 0.248 e. The van der Waals surface area contributed by atoms with E-state index < -0.39 is 0 Å². The predicted molar refractivity (Wildman–Crippen MR) is 39.4 cm³/mol. The number of aromatic amines is 1. The first-order valence-electron chi connectivity index (χ1n) is 3.27. The van der Waals surface area contributed by atoms with Gasteiger partial charge in [0.15, 0.2) is 0 Å². The van der Waals surface area contributed by atoms with Gasteiger partial charge >= 0.3 is 0 Å². The molecule has 2 rings (SSSR count). The lowest BCUT2D eigenvalue weighted by Gasteiger charge is -1.93. The van der Waals surface area contributed by atoms with Gasteiger partial charge in [-0.15, -0.1) is 0 Å². The average molecular weight is 150 g/mol. The van der Waals surface area contributed by atoms with Gasteiger partial charge in [0.25, 0.3) is 0 Å². The standard InChI is InChI=1S/C7H6N2O2/c10-6-1-4-2-7(11)9-5(4)3-8-6/h1,3H,2H2,(H,8,10)(H,9,11). The first kappa shape index (κ1) is 6.15. The van der Waals surface area contributed by atoms with Crippen LogP contribution in [-0.2, 0) is 11.2 Å². The number of H-pyrrole nitrogens is 1. The number of rotatable bonds is 0. The van der Waals surface area contributed by atoms with Crippen LogP contribution in [0.15, 0.2) is 17.1 Å². The summed E-state index contributed by atoms with van der Waals surface area (Å²) in [4.78, 5) is 24.0. The second-order valence-electron chi connectivity index (χ2n) is 2.46. The van der Waals surface area contributed by atoms with Crippen molar-refractivity contribution in [3.8, 4) is 0 Å². The van der Waals surface area contributed by atoms with Crippen molar-refractivity contribution in [1.82, 2.24) is 4.98 Å². The summed E-state index contributed by atoms with van der Waals surface area (Å²) < 4.78 is 0. The SMILES string of the molecule is O=C1Cc2cc(=O)[nH]cc2N1. The zero-order valence-corrected chi connectivity index (χ0v) is 5.68. The topological polar surface area (TPSA) is 62.0 Å². The third-order valence-corrected chi connectivity index (χ3v) is 1.64. The van der Waals surface area contributed by atoms with Gasteiger partial charge in [0.2, 0.25) is 11.5 Å². The third-order valence-electron chi connectivity index (χ3n) is 1.64. The number of nitrogens with one attached hydrogen (secondary N) is 2. The third kappa shape index (κ3) is 0.920. The molecule has 11 heavy (non-hydrogen) atoms. The molecule has 1 aliphatic heterocycles. The van der Waals surface area contributed by atoms with Crippen molar-refractivity contribution in [2.24, 2.45) is 0 Å². The van der Waals surface area contributed by atoms with Gasteiger partial charge in [-0.05, 0) is 5.56 Å². The lowest BCUT2D eigenvalue weighted by atomic mass is 10.2. The second-order valence-corrected chi connectivity index (χ2v) is 2.46. The minimum absolute atomic E-state index is 0.0565. The fourth-order valence-corrected chi connectivity index (χ4v) is 1.14. The summed E-state index contributed by atoms with van der Waals surface area (Å²) in [6.45, 7) is 0. The highest BCUT2D eigenvalue weighted by Gasteiger charge is 2.16. The van der Waals surface area contributed by atoms with Crippen molar-refractivity contribution in [1.29, 1.82) is 0 Å². The van der Waals surface area contributed by atoms with Crippen LogP contribution in [0.2, 0.25) is 0 Å². The Hall–Kier alpha value is -1.58. The Labute approximate surface area is 62.2 Å². The quantitative estimate of drug-likeness (QED) is 0.541. The Morgan fingerprint density at radius 2 is 2.18 bits per heavy atom. The molecule has 0 fully saturated rings. The van der Waals surface area contributed by atoms with Gasteiger partial charge < -0.3 is 10.3 Å². The van der Waals surface area contributed by atoms with Crippen LogP contribution in [-0.4, -0.2) is 10.9 Å². The molecule has 56 valence electrons. The molecule has 4 heteroatoms. The van der Waals surface area contributed by atoms with E-state index in [1.165, 1.54) is 12.3 Å². The summed E-state index contributed by atoms with van der Waals surface area (Å²) in [7, 11) is 0. The van der Waals surface area contributed by atoms with Crippen molar-refractivity contribution < 1.29 is 4.79 Å². The first-order valence-corrected chi connectivity index (χ1v) is 3.27. The largest absolute Gasteiger partial charge is 0.327 e. The molecule has 0 saturated carbocycles. The van der Waals surface area contributed by atoms with Crippen molar-refractivity contribution in [3.05, 3.63) is 28.2 Å². The summed E-state index contributed by atoms with van der Waals surface area (Å²) in [6, 6.07) is 1.44. The van der Waals surface area contributed by atoms with Gasteiger partial charge in [-0.2, -0.15) is 0 Å². The van der Waals surface area contributed by atoms with Crippen LogP contribution in [0.3, 0.4) is 0 Å². The summed E-state index contributed by atoms with van der Waals surface area (Å²) in [5.41, 5.74) is 1.33. The van der Waals surface area contributed by atoms with E-state index in [1.54, 1.807) is 0 Å². The minimum Gasteiger partial charge on any atom is -0.327 e. The van der Waals surface area contributed by atoms with E-state index in [-0.39, 0.29) is 11.5 Å². The van der Waals surface area contributed by atoms with Crippen molar-refractivity contribution in [2.45, 2.75) is 6.42 Å². The van der Waals surface area contributed by atoms with Crippen LogP contribution in [0.4, 0.5) is 5.69 Å². The lowest BCUT2D eigenvalue weighted by Crippen LogP contribution is -2.04. The van der Waals surface area contributed by atoms with Gasteiger partial charge in [-0.25, -0.2) is 0 Å². The Bertz CT molecular complexity index is 367. The Balaban J connectivity index is 2.59. The van der Waals surface area contributed by atoms with Crippen molar-refractivity contribution in [2.75, 3.05) is 5.32 Å². The number of hydrogen-bond acceptors (Lipinski definition) is 2. The van der Waals surface area contributed by atoms with Crippen LogP contribution >= 0.6 is 0 Å². The van der Waals surface area contributed by atoms with Gasteiger partial charge in [0.05, 0.1) is 12.1 Å². The van der Waals surface area contributed by atoms with E-state index in [2.05, 4.69) is 10.3 Å². The maximum absolute atomic E-state index is 10.8. The smallest absolute Gasteiger partial charge is 0.248 e. The molecule has 2 N–H and O–H groups in total. The van der Waals surface area contributed by atoms with E-state index in [0.29, 0.717) is 6.42 Å². The Kier molecular flexibility index (Phi) is 1.09. The zero-order chi connectivity index (χ0) is 7.84. The van der Waals surface area contributed by atoms with Gasteiger partial charge in [0, 0.05) is 12.3 Å². The summed E-state index contributed by atoms with van der Waals surface area (Å²) in [6.07, 6.45) is 1.84. The van der Waals surface area contributed by atoms with Crippen LogP contribution in [0.1, 0.15) is 5.56 Å². The number of amides is 1. The summed E-state index contributed by atoms with van der Waals surface area (Å²) >= 11 is 0. The van der Waals surface area contributed by atoms with Crippen LogP contribution < -0.4 is 10.9 Å². The highest BCUT2D eigenvalue weighted by molar-refractivity contribution is 5.98. The first-order chi connectivity index (χ1) is 5.25. The number of fused-ring (bicyclic) bond motifs is 1. The molecule has 0 atom stereocenters. The minimum atomic E-state index is -0.166. The highest BCUT2D eigenvalue weighted by atomic mass is 16.2. The van der Waals surface area contributed by atoms with E-state index >= 15 is 0 Å². The molecule has 1 aromatic rings. The molecular formula is C7H6N2O2. The van der Waals surface area contributed by atoms with E-state index in [4.69, 9.17) is 0 Å². The molecule has 0 aromatic carbocycles. The average Bonchev–Trinajstić information content (AvgIpc) is 2.27. The monoisotopic (exact) mass is 150 g/mol. The van der Waals surface area contributed by atoms with Crippen LogP contribution in [0, 0.1) is 0 Å². The number of hydrogen-bond donors (Lipinski definition) is 2. The maximum atomic E-state index is 10.8. The van der Waals surface area contributed by atoms with Gasteiger partial charge in [0.1, 0.15) is 0 Å². The Morgan fingerprint density at radius 3 is 3.00 bits per heavy atom. The highest BCUT2D eigenvalue weighted by Crippen LogP contribution is 2.18. The number of anilines is 1. The van der Waals surface area contributed by atoms with E-state index in [0.717, 1.165) is 11.3 Å². The second kappa shape index (κ2) is 1.95. The fourth-order valence-electron chi connectivity index (χ4n) is 1.14. The molecule has 0 radical (unpaired) electrons.